The summed E-state index contributed by atoms with van der Waals surface area (Å²) in [5, 5.41) is 10.3. The van der Waals surface area contributed by atoms with Gasteiger partial charge in [-0.3, -0.25) is 9.89 Å². The van der Waals surface area contributed by atoms with Crippen LogP contribution in [0, 0.1) is 0 Å². The summed E-state index contributed by atoms with van der Waals surface area (Å²) in [5.74, 6) is 1.87. The van der Waals surface area contributed by atoms with Crippen LogP contribution in [0.15, 0.2) is 51.7 Å². The molecule has 0 fully saturated rings. The maximum absolute atomic E-state index is 12.0. The third-order valence-electron chi connectivity index (χ3n) is 3.22. The van der Waals surface area contributed by atoms with E-state index < -0.39 is 0 Å². The van der Waals surface area contributed by atoms with E-state index in [2.05, 4.69) is 25.1 Å². The van der Waals surface area contributed by atoms with E-state index >= 15 is 0 Å². The molecule has 0 saturated heterocycles. The number of nitrogens with zero attached hydrogens (tertiary/aromatic N) is 3. The summed E-state index contributed by atoms with van der Waals surface area (Å²) in [4.78, 5) is 24.8. The van der Waals surface area contributed by atoms with Gasteiger partial charge in [-0.15, -0.1) is 16.4 Å². The van der Waals surface area contributed by atoms with Gasteiger partial charge in [-0.2, -0.15) is 0 Å². The van der Waals surface area contributed by atoms with Crippen LogP contribution in [-0.2, 0) is 5.75 Å². The fourth-order valence-corrected chi connectivity index (χ4v) is 3.50. The summed E-state index contributed by atoms with van der Waals surface area (Å²) < 4.78 is 0. The van der Waals surface area contributed by atoms with Crippen molar-refractivity contribution < 1.29 is 0 Å². The maximum atomic E-state index is 12.0. The van der Waals surface area contributed by atoms with E-state index in [1.807, 2.05) is 35.7 Å². The number of benzene rings is 1. The molecule has 3 aromatic heterocycles. The molecule has 23 heavy (non-hydrogen) atoms. The van der Waals surface area contributed by atoms with E-state index in [1.54, 1.807) is 17.4 Å². The number of hydrogen-bond acceptors (Lipinski definition) is 6. The van der Waals surface area contributed by atoms with E-state index in [4.69, 9.17) is 0 Å². The first-order valence-corrected chi connectivity index (χ1v) is 8.73. The quantitative estimate of drug-likeness (QED) is 0.557. The maximum Gasteiger partial charge on any atom is 0.258 e. The smallest absolute Gasteiger partial charge is 0.258 e. The lowest BCUT2D eigenvalue weighted by Crippen LogP contribution is -2.11. The molecule has 1 aromatic carbocycles. The molecule has 4 rings (SSSR count). The predicted octanol–water partition coefficient (Wildman–Crippen LogP) is 3.06. The van der Waals surface area contributed by atoms with Crippen molar-refractivity contribution in [3.63, 3.8) is 0 Å². The van der Waals surface area contributed by atoms with E-state index in [0.29, 0.717) is 27.6 Å². The van der Waals surface area contributed by atoms with Crippen LogP contribution in [0.5, 0.6) is 0 Å². The average Bonchev–Trinajstić information content (AvgIpc) is 3.24. The Labute approximate surface area is 139 Å². The number of thioether (sulfide) groups is 1. The zero-order valence-electron chi connectivity index (χ0n) is 11.8. The number of hydrogen-bond donors (Lipinski definition) is 2. The molecule has 0 aliphatic heterocycles. The standard InChI is InChI=1S/C15H11N5OS2/c21-14-9-4-1-2-5-10(9)16-12(17-14)8-23-15-18-13(19-20-15)11-6-3-7-22-11/h1-7H,8H2,(H,16,17,21)(H,18,19,20). The van der Waals surface area contributed by atoms with Crippen molar-refractivity contribution >= 4 is 34.0 Å². The van der Waals surface area contributed by atoms with Gasteiger partial charge in [-0.05, 0) is 23.6 Å². The molecule has 0 spiro atoms. The highest BCUT2D eigenvalue weighted by molar-refractivity contribution is 7.98. The van der Waals surface area contributed by atoms with Crippen LogP contribution in [0.25, 0.3) is 21.6 Å². The normalized spacial score (nSPS) is 11.1. The molecule has 2 N–H and O–H groups in total. The van der Waals surface area contributed by atoms with Gasteiger partial charge in [0.15, 0.2) is 5.82 Å². The number of H-pyrrole nitrogens is 2. The Morgan fingerprint density at radius 3 is 2.91 bits per heavy atom. The number of aromatic nitrogens is 5. The van der Waals surface area contributed by atoms with Crippen LogP contribution in [0.2, 0.25) is 0 Å². The Balaban J connectivity index is 1.54. The molecule has 0 saturated carbocycles. The number of thiophene rings is 1. The van der Waals surface area contributed by atoms with Crippen molar-refractivity contribution in [1.29, 1.82) is 0 Å². The summed E-state index contributed by atoms with van der Waals surface area (Å²) in [6.45, 7) is 0. The van der Waals surface area contributed by atoms with Gasteiger partial charge in [0, 0.05) is 0 Å². The number of fused-ring (bicyclic) bond motifs is 1. The van der Waals surface area contributed by atoms with Crippen molar-refractivity contribution in [3.05, 3.63) is 58.0 Å². The minimum Gasteiger partial charge on any atom is -0.309 e. The second-order valence-electron chi connectivity index (χ2n) is 4.76. The summed E-state index contributed by atoms with van der Waals surface area (Å²) in [5.41, 5.74) is 0.571. The third kappa shape index (κ3) is 2.90. The lowest BCUT2D eigenvalue weighted by molar-refractivity contribution is 0.966. The lowest BCUT2D eigenvalue weighted by Gasteiger charge is -2.01. The summed E-state index contributed by atoms with van der Waals surface area (Å²) in [6, 6.07) is 11.3. The minimum absolute atomic E-state index is 0.125. The van der Waals surface area contributed by atoms with Crippen molar-refractivity contribution in [1.82, 2.24) is 25.1 Å². The molecular weight excluding hydrogens is 330 g/mol. The molecule has 8 heteroatoms. The molecule has 0 aliphatic carbocycles. The second-order valence-corrected chi connectivity index (χ2v) is 6.65. The third-order valence-corrected chi connectivity index (χ3v) is 4.95. The minimum atomic E-state index is -0.125. The number of nitrogens with one attached hydrogen (secondary N) is 2. The highest BCUT2D eigenvalue weighted by Gasteiger charge is 2.09. The monoisotopic (exact) mass is 341 g/mol. The first-order valence-electron chi connectivity index (χ1n) is 6.86. The van der Waals surface area contributed by atoms with Gasteiger partial charge in [-0.25, -0.2) is 9.97 Å². The average molecular weight is 341 g/mol. The van der Waals surface area contributed by atoms with Crippen LogP contribution >= 0.6 is 23.1 Å². The second kappa shape index (κ2) is 5.98. The predicted molar refractivity (Wildman–Crippen MR) is 91.6 cm³/mol. The molecule has 114 valence electrons. The zero-order chi connectivity index (χ0) is 15.6. The van der Waals surface area contributed by atoms with Gasteiger partial charge in [0.05, 0.1) is 21.5 Å². The van der Waals surface area contributed by atoms with Crippen LogP contribution in [0.3, 0.4) is 0 Å². The first-order chi connectivity index (χ1) is 11.3. The molecule has 4 aromatic rings. The van der Waals surface area contributed by atoms with Gasteiger partial charge in [0.2, 0.25) is 5.16 Å². The van der Waals surface area contributed by atoms with Crippen LogP contribution in [0.4, 0.5) is 0 Å². The topological polar surface area (TPSA) is 87.3 Å². The fraction of sp³-hybridized carbons (Fsp3) is 0.0667. The van der Waals surface area contributed by atoms with Crippen LogP contribution in [-0.4, -0.2) is 25.1 Å². The van der Waals surface area contributed by atoms with Crippen molar-refractivity contribution in [2.75, 3.05) is 0 Å². The van der Waals surface area contributed by atoms with E-state index in [0.717, 1.165) is 10.7 Å². The van der Waals surface area contributed by atoms with E-state index in [-0.39, 0.29) is 5.56 Å². The summed E-state index contributed by atoms with van der Waals surface area (Å²) in [7, 11) is 0. The van der Waals surface area contributed by atoms with Gasteiger partial charge >= 0.3 is 0 Å². The number of aromatic amines is 2. The van der Waals surface area contributed by atoms with Gasteiger partial charge in [0.25, 0.3) is 5.56 Å². The molecule has 0 aliphatic rings. The van der Waals surface area contributed by atoms with E-state index in [9.17, 15) is 4.79 Å². The molecule has 3 heterocycles. The van der Waals surface area contributed by atoms with Crippen molar-refractivity contribution in [2.24, 2.45) is 0 Å². The van der Waals surface area contributed by atoms with Crippen LogP contribution in [0.1, 0.15) is 5.82 Å². The first kappa shape index (κ1) is 14.2. The molecule has 0 bridgehead atoms. The summed E-state index contributed by atoms with van der Waals surface area (Å²) >= 11 is 3.03. The Bertz CT molecular complexity index is 1010. The Morgan fingerprint density at radius 2 is 2.04 bits per heavy atom. The molecule has 0 amide bonds. The van der Waals surface area contributed by atoms with Gasteiger partial charge in [-0.1, -0.05) is 30.0 Å². The van der Waals surface area contributed by atoms with Gasteiger partial charge in [0.1, 0.15) is 5.82 Å². The van der Waals surface area contributed by atoms with Crippen molar-refractivity contribution in [3.8, 4) is 10.7 Å². The molecule has 6 nitrogen and oxygen atoms in total. The fourth-order valence-electron chi connectivity index (χ4n) is 2.17. The Hall–Kier alpha value is -2.45. The molecule has 0 atom stereocenters. The van der Waals surface area contributed by atoms with E-state index in [1.165, 1.54) is 11.8 Å². The van der Waals surface area contributed by atoms with Crippen molar-refractivity contribution in [2.45, 2.75) is 10.9 Å². The molecular formula is C15H11N5OS2. The van der Waals surface area contributed by atoms with Gasteiger partial charge < -0.3 is 4.98 Å². The Morgan fingerprint density at radius 1 is 1.13 bits per heavy atom. The zero-order valence-corrected chi connectivity index (χ0v) is 13.4. The highest BCUT2D eigenvalue weighted by atomic mass is 32.2. The largest absolute Gasteiger partial charge is 0.309 e. The summed E-state index contributed by atoms with van der Waals surface area (Å²) in [6.07, 6.45) is 0. The SMILES string of the molecule is O=c1[nH]c(CSc2n[nH]c(-c3cccs3)n2)nc2ccccc12. The van der Waals surface area contributed by atoms with Crippen LogP contribution < -0.4 is 5.56 Å². The molecule has 0 radical (unpaired) electrons. The highest BCUT2D eigenvalue weighted by Crippen LogP contribution is 2.24. The lowest BCUT2D eigenvalue weighted by atomic mass is 10.2. The Kier molecular flexibility index (Phi) is 3.68. The molecule has 0 unspecified atom stereocenters. The number of rotatable bonds is 4. The number of para-hydroxylation sites is 1.